The third kappa shape index (κ3) is 2.91. The Morgan fingerprint density at radius 3 is 2.75 bits per heavy atom. The lowest BCUT2D eigenvalue weighted by atomic mass is 10.3. The van der Waals surface area contributed by atoms with Crippen LogP contribution in [0.1, 0.15) is 5.56 Å². The Hall–Kier alpha value is -3.36. The molecule has 1 N–H and O–H groups in total. The quantitative estimate of drug-likeness (QED) is 0.728. The summed E-state index contributed by atoms with van der Waals surface area (Å²) in [5.74, 6) is 1.41. The van der Waals surface area contributed by atoms with Gasteiger partial charge >= 0.3 is 6.16 Å². The van der Waals surface area contributed by atoms with Gasteiger partial charge in [-0.3, -0.25) is 0 Å². The van der Waals surface area contributed by atoms with Crippen molar-refractivity contribution >= 4 is 23.2 Å². The second-order valence-corrected chi connectivity index (χ2v) is 4.79. The van der Waals surface area contributed by atoms with E-state index in [1.165, 1.54) is 13.4 Å². The first kappa shape index (κ1) is 15.5. The first-order valence-electron chi connectivity index (χ1n) is 6.98. The lowest BCUT2D eigenvalue weighted by Crippen LogP contribution is -2.07. The molecule has 24 heavy (non-hydrogen) atoms. The summed E-state index contributed by atoms with van der Waals surface area (Å²) in [4.78, 5) is 19.7. The van der Waals surface area contributed by atoms with Crippen LogP contribution in [-0.4, -0.2) is 40.0 Å². The van der Waals surface area contributed by atoms with Crippen molar-refractivity contribution in [2.45, 2.75) is 6.92 Å². The molecule has 0 aliphatic carbocycles. The summed E-state index contributed by atoms with van der Waals surface area (Å²) in [6.07, 6.45) is 3.81. The van der Waals surface area contributed by atoms with Crippen LogP contribution in [0.5, 0.6) is 11.6 Å². The highest BCUT2D eigenvalue weighted by Crippen LogP contribution is 2.29. The number of methoxy groups -OCH3 is 2. The predicted octanol–water partition coefficient (Wildman–Crippen LogP) is 2.33. The summed E-state index contributed by atoms with van der Waals surface area (Å²) in [6.45, 7) is 1.80. The van der Waals surface area contributed by atoms with Gasteiger partial charge in [0.15, 0.2) is 11.6 Å². The topological polar surface area (TPSA) is 99.9 Å². The molecule has 0 radical (unpaired) electrons. The van der Waals surface area contributed by atoms with E-state index < -0.39 is 6.16 Å². The molecule has 0 saturated carbocycles. The minimum Gasteiger partial charge on any atom is -0.481 e. The van der Waals surface area contributed by atoms with Gasteiger partial charge in [-0.15, -0.1) is 0 Å². The number of aromatic nitrogens is 4. The SMILES string of the molecule is COC(=O)Oc1cn2ncnc(Nc3ccc(OC)nc3)c2c1C. The number of hydrogen-bond donors (Lipinski definition) is 1. The van der Waals surface area contributed by atoms with Gasteiger partial charge in [0.2, 0.25) is 5.88 Å². The number of rotatable bonds is 4. The molecule has 0 spiro atoms. The number of carbonyl (C=O) groups is 1. The Balaban J connectivity index is 1.96. The second-order valence-electron chi connectivity index (χ2n) is 4.79. The summed E-state index contributed by atoms with van der Waals surface area (Å²) in [6, 6.07) is 3.55. The van der Waals surface area contributed by atoms with Crippen molar-refractivity contribution in [1.82, 2.24) is 19.6 Å². The van der Waals surface area contributed by atoms with E-state index in [0.717, 1.165) is 5.69 Å². The fourth-order valence-corrected chi connectivity index (χ4v) is 2.18. The van der Waals surface area contributed by atoms with E-state index in [0.29, 0.717) is 28.5 Å². The third-order valence-electron chi connectivity index (χ3n) is 3.35. The number of nitrogens with one attached hydrogen (secondary N) is 1. The van der Waals surface area contributed by atoms with Crippen molar-refractivity contribution in [3.63, 3.8) is 0 Å². The summed E-state index contributed by atoms with van der Waals surface area (Å²) >= 11 is 0. The number of anilines is 2. The zero-order chi connectivity index (χ0) is 17.1. The average Bonchev–Trinajstić information content (AvgIpc) is 2.92. The number of hydrogen-bond acceptors (Lipinski definition) is 8. The van der Waals surface area contributed by atoms with Crippen molar-refractivity contribution < 1.29 is 19.0 Å². The lowest BCUT2D eigenvalue weighted by Gasteiger charge is -2.08. The van der Waals surface area contributed by atoms with Gasteiger partial charge in [-0.25, -0.2) is 19.3 Å². The monoisotopic (exact) mass is 329 g/mol. The fourth-order valence-electron chi connectivity index (χ4n) is 2.18. The zero-order valence-corrected chi connectivity index (χ0v) is 13.3. The van der Waals surface area contributed by atoms with Gasteiger partial charge in [-0.2, -0.15) is 5.10 Å². The van der Waals surface area contributed by atoms with Gasteiger partial charge in [0.05, 0.1) is 32.3 Å². The van der Waals surface area contributed by atoms with E-state index in [4.69, 9.17) is 9.47 Å². The van der Waals surface area contributed by atoms with Gasteiger partial charge < -0.3 is 19.5 Å². The van der Waals surface area contributed by atoms with Crippen LogP contribution in [0.15, 0.2) is 30.9 Å². The zero-order valence-electron chi connectivity index (χ0n) is 13.3. The first-order valence-corrected chi connectivity index (χ1v) is 6.98. The van der Waals surface area contributed by atoms with Gasteiger partial charge in [0.25, 0.3) is 0 Å². The summed E-state index contributed by atoms with van der Waals surface area (Å²) in [7, 11) is 2.80. The minimum atomic E-state index is -0.796. The van der Waals surface area contributed by atoms with E-state index in [9.17, 15) is 4.79 Å². The maximum atomic E-state index is 11.3. The fraction of sp³-hybridized carbons (Fsp3) is 0.200. The standard InChI is InChI=1S/C15H15N5O4/c1-9-11(24-15(21)23-3)7-20-13(9)14(17-8-18-20)19-10-4-5-12(22-2)16-6-10/h4-8H,1-3H3,(H,17,18,19). The normalized spacial score (nSPS) is 10.5. The van der Waals surface area contributed by atoms with Crippen molar-refractivity contribution in [1.29, 1.82) is 0 Å². The van der Waals surface area contributed by atoms with Crippen LogP contribution >= 0.6 is 0 Å². The number of pyridine rings is 1. The molecule has 3 rings (SSSR count). The van der Waals surface area contributed by atoms with Gasteiger partial charge in [0, 0.05) is 11.6 Å². The maximum Gasteiger partial charge on any atom is 0.513 e. The molecule has 0 aliphatic heterocycles. The highest BCUT2D eigenvalue weighted by atomic mass is 16.7. The second kappa shape index (κ2) is 6.41. The number of ether oxygens (including phenoxy) is 3. The van der Waals surface area contributed by atoms with Crippen LogP contribution in [0, 0.1) is 6.92 Å². The molecule has 9 heteroatoms. The molecule has 3 aromatic rings. The Bertz CT molecular complexity index is 875. The molecular formula is C15H15N5O4. The van der Waals surface area contributed by atoms with E-state index in [-0.39, 0.29) is 0 Å². The van der Waals surface area contributed by atoms with Crippen molar-refractivity contribution in [3.05, 3.63) is 36.4 Å². The summed E-state index contributed by atoms with van der Waals surface area (Å²) in [5.41, 5.74) is 2.10. The van der Waals surface area contributed by atoms with E-state index in [1.807, 2.05) is 6.07 Å². The van der Waals surface area contributed by atoms with E-state index in [1.54, 1.807) is 37.0 Å². The Kier molecular flexibility index (Phi) is 4.15. The van der Waals surface area contributed by atoms with Crippen LogP contribution in [0.4, 0.5) is 16.3 Å². The number of carbonyl (C=O) groups excluding carboxylic acids is 1. The molecule has 0 bridgehead atoms. The van der Waals surface area contributed by atoms with Gasteiger partial charge in [-0.05, 0) is 13.0 Å². The van der Waals surface area contributed by atoms with E-state index >= 15 is 0 Å². The molecule has 0 unspecified atom stereocenters. The van der Waals surface area contributed by atoms with E-state index in [2.05, 4.69) is 25.1 Å². The highest BCUT2D eigenvalue weighted by molar-refractivity contribution is 5.79. The van der Waals surface area contributed by atoms with Gasteiger partial charge in [-0.1, -0.05) is 0 Å². The van der Waals surface area contributed by atoms with Crippen LogP contribution in [0.25, 0.3) is 5.52 Å². The molecular weight excluding hydrogens is 314 g/mol. The third-order valence-corrected chi connectivity index (χ3v) is 3.35. The molecule has 3 heterocycles. The molecule has 0 saturated heterocycles. The highest BCUT2D eigenvalue weighted by Gasteiger charge is 2.16. The molecule has 0 amide bonds. The molecule has 0 fully saturated rings. The largest absolute Gasteiger partial charge is 0.513 e. The number of aryl methyl sites for hydroxylation is 1. The molecule has 0 aromatic carbocycles. The smallest absolute Gasteiger partial charge is 0.481 e. The number of nitrogens with zero attached hydrogens (tertiary/aromatic N) is 4. The molecule has 3 aromatic heterocycles. The van der Waals surface area contributed by atoms with Crippen LogP contribution in [0.3, 0.4) is 0 Å². The lowest BCUT2D eigenvalue weighted by molar-refractivity contribution is 0.121. The Morgan fingerprint density at radius 2 is 2.08 bits per heavy atom. The Labute approximate surface area is 137 Å². The molecule has 0 atom stereocenters. The molecule has 124 valence electrons. The van der Waals surface area contributed by atoms with Crippen molar-refractivity contribution in [2.75, 3.05) is 19.5 Å². The first-order chi connectivity index (χ1) is 11.6. The maximum absolute atomic E-state index is 11.3. The Morgan fingerprint density at radius 1 is 1.25 bits per heavy atom. The van der Waals surface area contributed by atoms with Crippen LogP contribution in [0.2, 0.25) is 0 Å². The predicted molar refractivity (Wildman–Crippen MR) is 84.8 cm³/mol. The molecule has 0 aliphatic rings. The molecule has 9 nitrogen and oxygen atoms in total. The van der Waals surface area contributed by atoms with Gasteiger partial charge in [0.1, 0.15) is 11.8 Å². The summed E-state index contributed by atoms with van der Waals surface area (Å²) < 4.78 is 16.2. The minimum absolute atomic E-state index is 0.346. The number of fused-ring (bicyclic) bond motifs is 1. The van der Waals surface area contributed by atoms with Crippen LogP contribution in [-0.2, 0) is 4.74 Å². The van der Waals surface area contributed by atoms with Crippen molar-refractivity contribution in [3.8, 4) is 11.6 Å². The van der Waals surface area contributed by atoms with Crippen molar-refractivity contribution in [2.24, 2.45) is 0 Å². The summed E-state index contributed by atoms with van der Waals surface area (Å²) in [5, 5.41) is 7.28. The average molecular weight is 329 g/mol. The van der Waals surface area contributed by atoms with Crippen LogP contribution < -0.4 is 14.8 Å².